The van der Waals surface area contributed by atoms with Crippen LogP contribution in [0.3, 0.4) is 0 Å². The second-order valence-electron chi connectivity index (χ2n) is 6.30. The lowest BCUT2D eigenvalue weighted by molar-refractivity contribution is -0.119. The molecule has 1 amide bonds. The minimum absolute atomic E-state index is 0.0658. The van der Waals surface area contributed by atoms with Crippen molar-refractivity contribution in [1.29, 1.82) is 0 Å². The maximum atomic E-state index is 11.0. The van der Waals surface area contributed by atoms with Gasteiger partial charge in [0.15, 0.2) is 0 Å². The summed E-state index contributed by atoms with van der Waals surface area (Å²) in [5, 5.41) is 16.8. The Hall–Kier alpha value is -0.610. The minimum Gasteiger partial charge on any atom is -0.389 e. The monoisotopic (exact) mass is 270 g/mol. The minimum atomic E-state index is -0.636. The van der Waals surface area contributed by atoms with Crippen LogP contribution in [0.15, 0.2) is 0 Å². The number of rotatable bonds is 6. The third kappa shape index (κ3) is 5.49. The zero-order valence-electron chi connectivity index (χ0n) is 12.8. The summed E-state index contributed by atoms with van der Waals surface area (Å²) >= 11 is 0. The van der Waals surface area contributed by atoms with Crippen molar-refractivity contribution < 1.29 is 9.90 Å². The normalized spacial score (nSPS) is 28.5. The molecule has 1 fully saturated rings. The molecular formula is C15H30N2O2. The van der Waals surface area contributed by atoms with Crippen LogP contribution in [-0.4, -0.2) is 35.2 Å². The van der Waals surface area contributed by atoms with Crippen LogP contribution in [0.2, 0.25) is 0 Å². The molecule has 0 aromatic carbocycles. The number of carbonyl (C=O) groups is 1. The molecule has 0 radical (unpaired) electrons. The fraction of sp³-hybridized carbons (Fsp3) is 0.933. The number of carbonyl (C=O) groups excluding carboxylic acids is 1. The first-order valence-electron chi connectivity index (χ1n) is 7.58. The highest BCUT2D eigenvalue weighted by molar-refractivity contribution is 5.73. The van der Waals surface area contributed by atoms with E-state index in [0.717, 1.165) is 32.1 Å². The van der Waals surface area contributed by atoms with E-state index in [4.69, 9.17) is 0 Å². The summed E-state index contributed by atoms with van der Waals surface area (Å²) in [6.45, 7) is 8.34. The first-order chi connectivity index (χ1) is 8.85. The smallest absolute Gasteiger partial charge is 0.217 e. The average molecular weight is 270 g/mol. The van der Waals surface area contributed by atoms with Crippen LogP contribution in [0.4, 0.5) is 0 Å². The maximum absolute atomic E-state index is 11.0. The second-order valence-corrected chi connectivity index (χ2v) is 6.30. The highest BCUT2D eigenvalue weighted by Crippen LogP contribution is 2.22. The number of amides is 1. The zero-order valence-corrected chi connectivity index (χ0v) is 12.8. The Balaban J connectivity index is 2.28. The van der Waals surface area contributed by atoms with Gasteiger partial charge in [0.05, 0.1) is 5.60 Å². The predicted octanol–water partition coefficient (Wildman–Crippen LogP) is 1.82. The Morgan fingerprint density at radius 1 is 1.32 bits per heavy atom. The van der Waals surface area contributed by atoms with Gasteiger partial charge in [-0.3, -0.25) is 4.79 Å². The highest BCUT2D eigenvalue weighted by atomic mass is 16.3. The third-order valence-corrected chi connectivity index (χ3v) is 4.56. The molecule has 3 N–H and O–H groups in total. The van der Waals surface area contributed by atoms with E-state index in [1.54, 1.807) is 6.92 Å². The van der Waals surface area contributed by atoms with Gasteiger partial charge < -0.3 is 15.7 Å². The Morgan fingerprint density at radius 2 is 1.84 bits per heavy atom. The fourth-order valence-electron chi connectivity index (χ4n) is 2.69. The first-order valence-corrected chi connectivity index (χ1v) is 7.58. The van der Waals surface area contributed by atoms with E-state index in [0.29, 0.717) is 24.5 Å². The van der Waals surface area contributed by atoms with E-state index in [1.807, 2.05) is 6.92 Å². The molecular weight excluding hydrogens is 240 g/mol. The predicted molar refractivity (Wildman–Crippen MR) is 77.9 cm³/mol. The molecule has 1 saturated carbocycles. The quantitative estimate of drug-likeness (QED) is 0.690. The van der Waals surface area contributed by atoms with Crippen molar-refractivity contribution in [3.05, 3.63) is 0 Å². The molecule has 0 saturated heterocycles. The van der Waals surface area contributed by atoms with E-state index in [-0.39, 0.29) is 5.91 Å². The Labute approximate surface area is 117 Å². The number of hydrogen-bond donors (Lipinski definition) is 3. The van der Waals surface area contributed by atoms with E-state index < -0.39 is 5.60 Å². The summed E-state index contributed by atoms with van der Waals surface area (Å²) in [5.74, 6) is 0.367. The summed E-state index contributed by atoms with van der Waals surface area (Å²) in [7, 11) is 0. The van der Waals surface area contributed by atoms with Crippen molar-refractivity contribution in [3.8, 4) is 0 Å². The maximum Gasteiger partial charge on any atom is 0.217 e. The molecule has 19 heavy (non-hydrogen) atoms. The molecule has 4 heteroatoms. The molecule has 1 aliphatic carbocycles. The molecule has 2 unspecified atom stereocenters. The van der Waals surface area contributed by atoms with E-state index in [2.05, 4.69) is 24.5 Å². The van der Waals surface area contributed by atoms with Gasteiger partial charge in [0, 0.05) is 25.6 Å². The van der Waals surface area contributed by atoms with Crippen molar-refractivity contribution in [2.75, 3.05) is 6.54 Å². The van der Waals surface area contributed by atoms with Gasteiger partial charge in [-0.25, -0.2) is 0 Å². The lowest BCUT2D eigenvalue weighted by Crippen LogP contribution is -2.48. The topological polar surface area (TPSA) is 61.4 Å². The third-order valence-electron chi connectivity index (χ3n) is 4.56. The van der Waals surface area contributed by atoms with Crippen LogP contribution in [0, 0.1) is 5.92 Å². The van der Waals surface area contributed by atoms with Crippen molar-refractivity contribution in [3.63, 3.8) is 0 Å². The van der Waals surface area contributed by atoms with Gasteiger partial charge in [0.1, 0.15) is 0 Å². The van der Waals surface area contributed by atoms with E-state index >= 15 is 0 Å². The molecule has 2 atom stereocenters. The summed E-state index contributed by atoms with van der Waals surface area (Å²) in [5.41, 5.74) is -0.636. The SMILES string of the molecule is CCC(C)C(C)(O)CNC1CCC(NC(C)=O)CC1. The number of hydrogen-bond acceptors (Lipinski definition) is 3. The van der Waals surface area contributed by atoms with Crippen LogP contribution >= 0.6 is 0 Å². The molecule has 0 aromatic heterocycles. The second kappa shape index (κ2) is 7.25. The number of nitrogens with one attached hydrogen (secondary N) is 2. The molecule has 1 rings (SSSR count). The molecule has 0 spiro atoms. The van der Waals surface area contributed by atoms with Crippen LogP contribution in [0.25, 0.3) is 0 Å². The molecule has 0 aliphatic heterocycles. The van der Waals surface area contributed by atoms with Crippen LogP contribution in [0.5, 0.6) is 0 Å². The summed E-state index contributed by atoms with van der Waals surface area (Å²) in [4.78, 5) is 11.0. The van der Waals surface area contributed by atoms with Crippen LogP contribution < -0.4 is 10.6 Å². The van der Waals surface area contributed by atoms with Crippen molar-refractivity contribution in [2.45, 2.75) is 77.5 Å². The molecule has 0 heterocycles. The summed E-state index contributed by atoms with van der Waals surface area (Å²) < 4.78 is 0. The molecule has 0 bridgehead atoms. The van der Waals surface area contributed by atoms with Gasteiger partial charge in [-0.2, -0.15) is 0 Å². The van der Waals surface area contributed by atoms with Crippen molar-refractivity contribution in [2.24, 2.45) is 5.92 Å². The lowest BCUT2D eigenvalue weighted by Gasteiger charge is -2.34. The van der Waals surface area contributed by atoms with Gasteiger partial charge in [-0.15, -0.1) is 0 Å². The van der Waals surface area contributed by atoms with Gasteiger partial charge in [0.25, 0.3) is 0 Å². The van der Waals surface area contributed by atoms with Crippen LogP contribution in [-0.2, 0) is 4.79 Å². The molecule has 1 aliphatic rings. The Morgan fingerprint density at radius 3 is 2.32 bits per heavy atom. The average Bonchev–Trinajstić information content (AvgIpc) is 2.36. The zero-order chi connectivity index (χ0) is 14.5. The standard InChI is InChI=1S/C15H30N2O2/c1-5-11(2)15(4,19)10-16-13-6-8-14(9-7-13)17-12(3)18/h11,13-14,16,19H,5-10H2,1-4H3,(H,17,18). The van der Waals surface area contributed by atoms with Crippen molar-refractivity contribution >= 4 is 5.91 Å². The van der Waals surface area contributed by atoms with Gasteiger partial charge >= 0.3 is 0 Å². The van der Waals surface area contributed by atoms with Crippen LogP contribution in [0.1, 0.15) is 59.8 Å². The summed E-state index contributed by atoms with van der Waals surface area (Å²) in [6.07, 6.45) is 5.19. The Kier molecular flexibility index (Phi) is 6.27. The summed E-state index contributed by atoms with van der Waals surface area (Å²) in [6, 6.07) is 0.811. The van der Waals surface area contributed by atoms with E-state index in [1.165, 1.54) is 0 Å². The molecule has 4 nitrogen and oxygen atoms in total. The largest absolute Gasteiger partial charge is 0.389 e. The molecule has 0 aromatic rings. The van der Waals surface area contributed by atoms with Gasteiger partial charge in [0.2, 0.25) is 5.91 Å². The fourth-order valence-corrected chi connectivity index (χ4v) is 2.69. The lowest BCUT2D eigenvalue weighted by atomic mass is 9.87. The van der Waals surface area contributed by atoms with Crippen molar-refractivity contribution in [1.82, 2.24) is 10.6 Å². The Bertz CT molecular complexity index is 284. The van der Waals surface area contributed by atoms with E-state index in [9.17, 15) is 9.90 Å². The van der Waals surface area contributed by atoms with Gasteiger partial charge in [-0.05, 0) is 38.5 Å². The first kappa shape index (κ1) is 16.4. The van der Waals surface area contributed by atoms with Gasteiger partial charge in [-0.1, -0.05) is 20.3 Å². The molecule has 112 valence electrons. The number of aliphatic hydroxyl groups is 1. The highest BCUT2D eigenvalue weighted by Gasteiger charge is 2.29.